The molecule has 6 nitrogen and oxygen atoms in total. The normalized spacial score (nSPS) is 12.9. The maximum atomic E-state index is 11.6. The zero-order valence-electron chi connectivity index (χ0n) is 13.2. The molecule has 0 heterocycles. The second kappa shape index (κ2) is 8.69. The van der Waals surface area contributed by atoms with Gasteiger partial charge in [-0.1, -0.05) is 29.8 Å². The van der Waals surface area contributed by atoms with Crippen molar-refractivity contribution in [1.82, 2.24) is 0 Å². The van der Waals surface area contributed by atoms with Crippen LogP contribution in [0.3, 0.4) is 0 Å². The van der Waals surface area contributed by atoms with E-state index in [0.29, 0.717) is 5.75 Å². The highest BCUT2D eigenvalue weighted by Crippen LogP contribution is 2.30. The Labute approximate surface area is 154 Å². The summed E-state index contributed by atoms with van der Waals surface area (Å²) in [4.78, 5) is 21.8. The number of ether oxygens (including phenoxy) is 2. The van der Waals surface area contributed by atoms with E-state index in [1.54, 1.807) is 31.2 Å². The van der Waals surface area contributed by atoms with Crippen molar-refractivity contribution in [2.24, 2.45) is 0 Å². The van der Waals surface area contributed by atoms with Gasteiger partial charge in [0.15, 0.2) is 6.10 Å². The zero-order valence-corrected chi connectivity index (χ0v) is 14.7. The number of nitro groups is 1. The highest BCUT2D eigenvalue weighted by atomic mass is 35.5. The summed E-state index contributed by atoms with van der Waals surface area (Å²) in [5.41, 5.74) is -0.133. The van der Waals surface area contributed by atoms with Gasteiger partial charge in [0.2, 0.25) is 0 Å². The third-order valence-electron chi connectivity index (χ3n) is 3.28. The molecular formula is C17H15Cl2NO5. The summed E-state index contributed by atoms with van der Waals surface area (Å²) in [6, 6.07) is 12.7. The summed E-state index contributed by atoms with van der Waals surface area (Å²) in [6.07, 6.45) is -1.17. The van der Waals surface area contributed by atoms with Gasteiger partial charge in [-0.15, -0.1) is 0 Å². The lowest BCUT2D eigenvalue weighted by atomic mass is 10.2. The number of carbonyl (C=O) groups excluding carboxylic acids is 1. The van der Waals surface area contributed by atoms with Crippen molar-refractivity contribution in [1.29, 1.82) is 0 Å². The first-order valence-electron chi connectivity index (χ1n) is 7.38. The number of nitro benzene ring substituents is 1. The van der Waals surface area contributed by atoms with E-state index >= 15 is 0 Å². The van der Waals surface area contributed by atoms with Crippen LogP contribution >= 0.6 is 23.2 Å². The maximum absolute atomic E-state index is 11.6. The summed E-state index contributed by atoms with van der Waals surface area (Å²) >= 11 is 11.6. The standard InChI is InChI=1S/C17H15Cl2NO5/c1-11(24-15-8-7-12(20(22)23)10-14(15)18)9-16(17(19)21)25-13-5-3-2-4-6-13/h2-8,10-11,16H,9H2,1H3. The number of non-ortho nitro benzene ring substituents is 1. The number of hydrogen-bond donors (Lipinski definition) is 0. The predicted molar refractivity (Wildman–Crippen MR) is 94.5 cm³/mol. The Kier molecular flexibility index (Phi) is 6.61. The molecule has 25 heavy (non-hydrogen) atoms. The molecule has 0 saturated heterocycles. The van der Waals surface area contributed by atoms with E-state index in [9.17, 15) is 14.9 Å². The summed E-state index contributed by atoms with van der Waals surface area (Å²) in [6.45, 7) is 1.72. The van der Waals surface area contributed by atoms with E-state index in [2.05, 4.69) is 0 Å². The quantitative estimate of drug-likeness (QED) is 0.377. The highest BCUT2D eigenvalue weighted by Gasteiger charge is 2.23. The molecule has 0 aromatic heterocycles. The van der Waals surface area contributed by atoms with Crippen LogP contribution in [0.25, 0.3) is 0 Å². The minimum atomic E-state index is -0.893. The zero-order chi connectivity index (χ0) is 18.4. The van der Waals surface area contributed by atoms with Gasteiger partial charge < -0.3 is 9.47 Å². The first kappa shape index (κ1) is 19.0. The minimum Gasteiger partial charge on any atom is -0.489 e. The number of nitrogens with zero attached hydrogens (tertiary/aromatic N) is 1. The second-order valence-electron chi connectivity index (χ2n) is 5.26. The molecule has 0 aliphatic rings. The van der Waals surface area contributed by atoms with E-state index in [4.69, 9.17) is 32.7 Å². The molecule has 0 N–H and O–H groups in total. The minimum absolute atomic E-state index is 0.110. The van der Waals surface area contributed by atoms with Crippen LogP contribution in [0.15, 0.2) is 48.5 Å². The Balaban J connectivity index is 2.02. The van der Waals surface area contributed by atoms with Crippen molar-refractivity contribution < 1.29 is 19.2 Å². The molecule has 0 radical (unpaired) electrons. The molecule has 0 aliphatic heterocycles. The number of halogens is 2. The highest BCUT2D eigenvalue weighted by molar-refractivity contribution is 6.64. The van der Waals surface area contributed by atoms with Gasteiger partial charge in [0, 0.05) is 18.6 Å². The summed E-state index contributed by atoms with van der Waals surface area (Å²) in [5, 5.41) is 10.2. The van der Waals surface area contributed by atoms with E-state index in [0.717, 1.165) is 0 Å². The fourth-order valence-electron chi connectivity index (χ4n) is 2.12. The molecule has 2 atom stereocenters. The van der Waals surface area contributed by atoms with Gasteiger partial charge >= 0.3 is 0 Å². The summed E-state index contributed by atoms with van der Waals surface area (Å²) in [7, 11) is 0. The molecule has 0 amide bonds. The van der Waals surface area contributed by atoms with Crippen molar-refractivity contribution in [3.8, 4) is 11.5 Å². The van der Waals surface area contributed by atoms with Gasteiger partial charge in [-0.25, -0.2) is 0 Å². The molecule has 2 aromatic rings. The van der Waals surface area contributed by atoms with Crippen LogP contribution in [0.4, 0.5) is 5.69 Å². The average Bonchev–Trinajstić information content (AvgIpc) is 2.56. The van der Waals surface area contributed by atoms with Gasteiger partial charge in [-0.3, -0.25) is 14.9 Å². The monoisotopic (exact) mass is 383 g/mol. The molecule has 2 unspecified atom stereocenters. The Morgan fingerprint density at radius 1 is 1.20 bits per heavy atom. The van der Waals surface area contributed by atoms with Gasteiger partial charge in [0.25, 0.3) is 10.9 Å². The number of carbonyl (C=O) groups is 1. The van der Waals surface area contributed by atoms with Crippen LogP contribution in [0, 0.1) is 10.1 Å². The van der Waals surface area contributed by atoms with Crippen molar-refractivity contribution >= 4 is 34.1 Å². The Bertz CT molecular complexity index is 754. The lowest BCUT2D eigenvalue weighted by molar-refractivity contribution is -0.384. The molecule has 0 fully saturated rings. The number of para-hydroxylation sites is 1. The number of hydrogen-bond acceptors (Lipinski definition) is 5. The maximum Gasteiger partial charge on any atom is 0.271 e. The molecule has 8 heteroatoms. The lowest BCUT2D eigenvalue weighted by Crippen LogP contribution is -2.30. The van der Waals surface area contributed by atoms with E-state index in [-0.39, 0.29) is 22.9 Å². The second-order valence-corrected chi connectivity index (χ2v) is 6.04. The van der Waals surface area contributed by atoms with Crippen LogP contribution in [0.5, 0.6) is 11.5 Å². The summed E-state index contributed by atoms with van der Waals surface area (Å²) in [5.74, 6) is 0.794. The van der Waals surface area contributed by atoms with E-state index in [1.165, 1.54) is 18.2 Å². The Morgan fingerprint density at radius 3 is 2.44 bits per heavy atom. The predicted octanol–water partition coefficient (Wildman–Crippen LogP) is 4.62. The SMILES string of the molecule is CC(CC(Oc1ccccc1)C(=O)Cl)Oc1ccc([N+](=O)[O-])cc1Cl. The van der Waals surface area contributed by atoms with Crippen molar-refractivity contribution in [3.63, 3.8) is 0 Å². The van der Waals surface area contributed by atoms with Gasteiger partial charge in [-0.2, -0.15) is 0 Å². The Morgan fingerprint density at radius 2 is 1.88 bits per heavy atom. The van der Waals surface area contributed by atoms with Crippen LogP contribution in [-0.2, 0) is 4.79 Å². The fourth-order valence-corrected chi connectivity index (χ4v) is 2.47. The molecule has 0 saturated carbocycles. The van der Waals surface area contributed by atoms with Crippen molar-refractivity contribution in [3.05, 3.63) is 63.7 Å². The lowest BCUT2D eigenvalue weighted by Gasteiger charge is -2.21. The topological polar surface area (TPSA) is 78.7 Å². The van der Waals surface area contributed by atoms with E-state index in [1.807, 2.05) is 6.07 Å². The number of benzene rings is 2. The van der Waals surface area contributed by atoms with Gasteiger partial charge in [-0.05, 0) is 36.7 Å². The third kappa shape index (κ3) is 5.62. The molecular weight excluding hydrogens is 369 g/mol. The summed E-state index contributed by atoms with van der Waals surface area (Å²) < 4.78 is 11.2. The van der Waals surface area contributed by atoms with Crippen LogP contribution < -0.4 is 9.47 Å². The molecule has 0 aliphatic carbocycles. The smallest absolute Gasteiger partial charge is 0.271 e. The molecule has 0 bridgehead atoms. The fraction of sp³-hybridized carbons (Fsp3) is 0.235. The molecule has 2 aromatic carbocycles. The van der Waals surface area contributed by atoms with Crippen molar-refractivity contribution in [2.75, 3.05) is 0 Å². The van der Waals surface area contributed by atoms with Gasteiger partial charge in [0.1, 0.15) is 17.6 Å². The first-order valence-corrected chi connectivity index (χ1v) is 8.14. The number of rotatable bonds is 8. The van der Waals surface area contributed by atoms with Crippen LogP contribution in [0.2, 0.25) is 5.02 Å². The van der Waals surface area contributed by atoms with Crippen molar-refractivity contribution in [2.45, 2.75) is 25.6 Å². The first-order chi connectivity index (χ1) is 11.9. The molecule has 2 rings (SSSR count). The van der Waals surface area contributed by atoms with Crippen LogP contribution in [0.1, 0.15) is 13.3 Å². The molecule has 132 valence electrons. The third-order valence-corrected chi connectivity index (χ3v) is 3.81. The largest absolute Gasteiger partial charge is 0.489 e. The van der Waals surface area contributed by atoms with E-state index < -0.39 is 22.4 Å². The van der Waals surface area contributed by atoms with Gasteiger partial charge in [0.05, 0.1) is 9.95 Å². The molecule has 0 spiro atoms. The average molecular weight is 384 g/mol. The Hall–Kier alpha value is -2.31. The van der Waals surface area contributed by atoms with Crippen LogP contribution in [-0.4, -0.2) is 22.4 Å².